The highest BCUT2D eigenvalue weighted by Crippen LogP contribution is 2.32. The van der Waals surface area contributed by atoms with Gasteiger partial charge in [0.25, 0.3) is 10.0 Å². The fraction of sp³-hybridized carbons (Fsp3) is 0.444. The number of hydrogen-bond acceptors (Lipinski definition) is 4. The second kappa shape index (κ2) is 11.1. The zero-order chi connectivity index (χ0) is 24.9. The average Bonchev–Trinajstić information content (AvgIpc) is 2.72. The van der Waals surface area contributed by atoms with Gasteiger partial charge in [-0.3, -0.25) is 4.79 Å². The first-order valence-electron chi connectivity index (χ1n) is 11.4. The van der Waals surface area contributed by atoms with Crippen LogP contribution in [0.15, 0.2) is 47.4 Å². The van der Waals surface area contributed by atoms with Crippen molar-refractivity contribution in [2.24, 2.45) is 0 Å². The Balaban J connectivity index is 2.35. The minimum absolute atomic E-state index is 0.0220. The number of amides is 1. The number of nitrogens with zero attached hydrogens (tertiary/aromatic N) is 1. The lowest BCUT2D eigenvalue weighted by Crippen LogP contribution is -2.32. The van der Waals surface area contributed by atoms with E-state index in [4.69, 9.17) is 0 Å². The van der Waals surface area contributed by atoms with Crippen molar-refractivity contribution in [2.75, 3.05) is 14.1 Å². The van der Waals surface area contributed by atoms with Gasteiger partial charge in [-0.15, -0.1) is 0 Å². The summed E-state index contributed by atoms with van der Waals surface area (Å²) in [6.45, 7) is 13.2. The lowest BCUT2D eigenvalue weighted by molar-refractivity contribution is -0.118. The van der Waals surface area contributed by atoms with E-state index < -0.39 is 15.9 Å². The predicted octanol–water partition coefficient (Wildman–Crippen LogP) is 5.47. The number of rotatable bonds is 9. The van der Waals surface area contributed by atoms with Gasteiger partial charge in [0.05, 0.1) is 11.3 Å². The molecule has 0 unspecified atom stereocenters. The summed E-state index contributed by atoms with van der Waals surface area (Å²) in [4.78, 5) is 15.0. The van der Waals surface area contributed by atoms with E-state index in [-0.39, 0.29) is 23.2 Å². The maximum absolute atomic E-state index is 12.9. The summed E-state index contributed by atoms with van der Waals surface area (Å²) in [5, 5.41) is 0. The first-order chi connectivity index (χ1) is 15.4. The van der Waals surface area contributed by atoms with E-state index in [0.29, 0.717) is 6.54 Å². The molecule has 0 saturated carbocycles. The Kier molecular flexibility index (Phi) is 9.04. The second-order valence-electron chi connectivity index (χ2n) is 9.50. The van der Waals surface area contributed by atoms with Gasteiger partial charge in [-0.1, -0.05) is 58.0 Å². The number of benzene rings is 2. The largest absolute Gasteiger partial charge is 0.305 e. The number of carbonyl (C=O) groups is 1. The van der Waals surface area contributed by atoms with E-state index >= 15 is 0 Å². The van der Waals surface area contributed by atoms with Gasteiger partial charge >= 0.3 is 0 Å². The van der Waals surface area contributed by atoms with Crippen molar-refractivity contribution in [3.63, 3.8) is 0 Å². The summed E-state index contributed by atoms with van der Waals surface area (Å²) in [7, 11) is -0.0339. The minimum atomic E-state index is -3.94. The van der Waals surface area contributed by atoms with Crippen molar-refractivity contribution < 1.29 is 13.2 Å². The van der Waals surface area contributed by atoms with Crippen LogP contribution in [0.1, 0.15) is 81.2 Å². The number of carbonyl (C=O) groups excluding carboxylic acids is 1. The molecule has 180 valence electrons. The van der Waals surface area contributed by atoms with E-state index in [9.17, 15) is 13.2 Å². The van der Waals surface area contributed by atoms with Crippen LogP contribution >= 0.6 is 0 Å². The quantitative estimate of drug-likeness (QED) is 0.528. The summed E-state index contributed by atoms with van der Waals surface area (Å²) in [6, 6.07) is 10.9. The van der Waals surface area contributed by atoms with Gasteiger partial charge in [0.1, 0.15) is 0 Å². The summed E-state index contributed by atoms with van der Waals surface area (Å²) >= 11 is 0. The third kappa shape index (κ3) is 7.02. The number of hydrogen-bond donors (Lipinski definition) is 1. The average molecular weight is 471 g/mol. The van der Waals surface area contributed by atoms with Crippen molar-refractivity contribution >= 4 is 21.5 Å². The van der Waals surface area contributed by atoms with E-state index in [2.05, 4.69) is 57.5 Å². The van der Waals surface area contributed by atoms with Crippen LogP contribution in [0.25, 0.3) is 5.57 Å². The molecule has 33 heavy (non-hydrogen) atoms. The zero-order valence-electron chi connectivity index (χ0n) is 21.2. The van der Waals surface area contributed by atoms with Crippen LogP contribution in [0.5, 0.6) is 0 Å². The van der Waals surface area contributed by atoms with Crippen LogP contribution in [-0.4, -0.2) is 33.3 Å². The predicted molar refractivity (Wildman–Crippen MR) is 137 cm³/mol. The monoisotopic (exact) mass is 470 g/mol. The van der Waals surface area contributed by atoms with Crippen LogP contribution in [0, 0.1) is 0 Å². The van der Waals surface area contributed by atoms with Crippen molar-refractivity contribution in [1.82, 2.24) is 9.62 Å². The topological polar surface area (TPSA) is 66.5 Å². The molecule has 1 amide bonds. The Bertz CT molecular complexity index is 1080. The fourth-order valence-electron chi connectivity index (χ4n) is 3.89. The number of sulfonamides is 1. The Morgan fingerprint density at radius 2 is 1.52 bits per heavy atom. The highest BCUT2D eigenvalue weighted by atomic mass is 32.2. The normalized spacial score (nSPS) is 12.6. The third-order valence-corrected chi connectivity index (χ3v) is 7.16. The molecule has 1 N–H and O–H groups in total. The van der Waals surface area contributed by atoms with E-state index in [1.54, 1.807) is 24.3 Å². The molecule has 0 spiro atoms. The number of allylic oxidation sites excluding steroid dienone is 2. The molecule has 0 atom stereocenters. The molecule has 0 aromatic heterocycles. The van der Waals surface area contributed by atoms with Gasteiger partial charge < -0.3 is 4.90 Å². The van der Waals surface area contributed by atoms with Crippen LogP contribution < -0.4 is 4.72 Å². The maximum Gasteiger partial charge on any atom is 0.264 e. The second-order valence-corrected chi connectivity index (χ2v) is 11.2. The molecule has 0 bridgehead atoms. The Morgan fingerprint density at radius 1 is 1.00 bits per heavy atom. The summed E-state index contributed by atoms with van der Waals surface area (Å²) in [6.07, 6.45) is 2.10. The molecule has 6 heteroatoms. The Hall–Kier alpha value is -2.44. The molecule has 0 saturated heterocycles. The highest BCUT2D eigenvalue weighted by molar-refractivity contribution is 7.90. The smallest absolute Gasteiger partial charge is 0.264 e. The van der Waals surface area contributed by atoms with Crippen molar-refractivity contribution in [2.45, 2.75) is 71.2 Å². The van der Waals surface area contributed by atoms with Crippen LogP contribution in [0.4, 0.5) is 0 Å². The maximum atomic E-state index is 12.9. The van der Waals surface area contributed by atoms with E-state index in [1.165, 1.54) is 5.57 Å². The molecule has 0 aliphatic heterocycles. The Labute approximate surface area is 200 Å². The van der Waals surface area contributed by atoms with Crippen LogP contribution in [-0.2, 0) is 27.8 Å². The van der Waals surface area contributed by atoms with Gasteiger partial charge in [-0.25, -0.2) is 13.1 Å². The lowest BCUT2D eigenvalue weighted by Gasteiger charge is -2.22. The zero-order valence-corrected chi connectivity index (χ0v) is 22.0. The van der Waals surface area contributed by atoms with E-state index in [0.717, 1.165) is 27.8 Å². The molecule has 2 rings (SSSR count). The third-order valence-electron chi connectivity index (χ3n) is 5.77. The van der Waals surface area contributed by atoms with Crippen molar-refractivity contribution in [3.05, 3.63) is 70.3 Å². The summed E-state index contributed by atoms with van der Waals surface area (Å²) in [5.41, 5.74) is 6.40. The van der Waals surface area contributed by atoms with Crippen LogP contribution in [0.3, 0.4) is 0 Å². The molecule has 0 aliphatic carbocycles. The number of nitrogens with one attached hydrogen (secondary N) is 1. The van der Waals surface area contributed by atoms with Gasteiger partial charge in [0.2, 0.25) is 5.91 Å². The SMILES string of the molecule is C/C=C(\C)c1cc(C(C)C)c(CC(=O)NS(=O)(=O)c2ccc(CN(C)C)cc2)c(C(C)C)c1. The molecule has 0 fully saturated rings. The molecular weight excluding hydrogens is 432 g/mol. The van der Waals surface area contributed by atoms with Crippen LogP contribution in [0.2, 0.25) is 0 Å². The molecule has 2 aromatic carbocycles. The molecule has 5 nitrogen and oxygen atoms in total. The fourth-order valence-corrected chi connectivity index (χ4v) is 4.88. The lowest BCUT2D eigenvalue weighted by atomic mass is 9.84. The summed E-state index contributed by atoms with van der Waals surface area (Å²) < 4.78 is 27.9. The summed E-state index contributed by atoms with van der Waals surface area (Å²) in [5.74, 6) is -0.113. The standard InChI is InChI=1S/C27H38N2O3S/c1-9-20(6)22-14-24(18(2)3)26(25(15-22)19(4)5)16-27(30)28-33(31,32)23-12-10-21(11-13-23)17-29(7)8/h9-15,18-19H,16-17H2,1-8H3,(H,28,30)/b20-9+. The van der Waals surface area contributed by atoms with Crippen molar-refractivity contribution in [1.29, 1.82) is 0 Å². The van der Waals surface area contributed by atoms with Gasteiger partial charge in [0.15, 0.2) is 0 Å². The molecule has 0 radical (unpaired) electrons. The first kappa shape index (κ1) is 26.8. The van der Waals surface area contributed by atoms with Gasteiger partial charge in [0, 0.05) is 6.54 Å². The highest BCUT2D eigenvalue weighted by Gasteiger charge is 2.22. The first-order valence-corrected chi connectivity index (χ1v) is 12.9. The molecule has 0 heterocycles. The van der Waals surface area contributed by atoms with Crippen molar-refractivity contribution in [3.8, 4) is 0 Å². The molecule has 0 aliphatic rings. The molecule has 2 aromatic rings. The Morgan fingerprint density at radius 3 is 1.94 bits per heavy atom. The van der Waals surface area contributed by atoms with Gasteiger partial charge in [-0.05, 0) is 85.3 Å². The molecular formula is C27H38N2O3S. The van der Waals surface area contributed by atoms with E-state index in [1.807, 2.05) is 25.9 Å². The van der Waals surface area contributed by atoms with Gasteiger partial charge in [-0.2, -0.15) is 0 Å². The minimum Gasteiger partial charge on any atom is -0.305 e.